The Morgan fingerprint density at radius 1 is 1.40 bits per heavy atom. The number of nitrogens with two attached hydrogens (primary N) is 1. The van der Waals surface area contributed by atoms with Gasteiger partial charge in [0.25, 0.3) is 0 Å². The number of hydrogen-bond acceptors (Lipinski definition) is 5. The number of hydrogen-bond donors (Lipinski definition) is 1. The summed E-state index contributed by atoms with van der Waals surface area (Å²) < 4.78 is 1.77. The Kier molecular flexibility index (Phi) is 3.06. The molecule has 1 unspecified atom stereocenters. The molecule has 2 aromatic rings. The molecule has 1 aliphatic heterocycles. The summed E-state index contributed by atoms with van der Waals surface area (Å²) in [5.41, 5.74) is 7.92. The zero-order chi connectivity index (χ0) is 14.3. The molecule has 0 bridgehead atoms. The number of amides is 1. The minimum Gasteiger partial charge on any atom is -0.369 e. The molecule has 1 amide bonds. The van der Waals surface area contributed by atoms with Gasteiger partial charge in [-0.3, -0.25) is 14.4 Å². The monoisotopic (exact) mass is 289 g/mol. The van der Waals surface area contributed by atoms with Crippen molar-refractivity contribution in [1.29, 1.82) is 0 Å². The van der Waals surface area contributed by atoms with Crippen molar-refractivity contribution in [2.45, 2.75) is 12.5 Å². The molecule has 0 radical (unpaired) electrons. The molecule has 0 fully saturated rings. The number of thiophene rings is 1. The van der Waals surface area contributed by atoms with Gasteiger partial charge >= 0.3 is 0 Å². The van der Waals surface area contributed by atoms with E-state index in [9.17, 15) is 4.79 Å². The van der Waals surface area contributed by atoms with E-state index < -0.39 is 0 Å². The third-order valence-corrected chi connectivity index (χ3v) is 4.39. The number of guanidine groups is 1. The highest BCUT2D eigenvalue weighted by Gasteiger charge is 2.26. The van der Waals surface area contributed by atoms with Crippen molar-refractivity contribution in [2.24, 2.45) is 17.8 Å². The zero-order valence-electron chi connectivity index (χ0n) is 11.3. The van der Waals surface area contributed by atoms with Crippen LogP contribution in [0.25, 0.3) is 11.1 Å². The molecule has 0 saturated heterocycles. The minimum absolute atomic E-state index is 0.00109. The van der Waals surface area contributed by atoms with Crippen molar-refractivity contribution >= 4 is 23.2 Å². The fourth-order valence-corrected chi connectivity index (χ4v) is 3.09. The lowest BCUT2D eigenvalue weighted by Gasteiger charge is -2.24. The molecular formula is C13H15N5OS. The number of aromatic nitrogens is 2. The molecule has 3 rings (SSSR count). The number of nitrogens with zero attached hydrogens (tertiary/aromatic N) is 4. The second-order valence-corrected chi connectivity index (χ2v) is 5.74. The van der Waals surface area contributed by atoms with Gasteiger partial charge in [0, 0.05) is 30.7 Å². The molecule has 2 aromatic heterocycles. The number of carbonyl (C=O) groups is 1. The van der Waals surface area contributed by atoms with Crippen molar-refractivity contribution < 1.29 is 4.79 Å². The molecule has 3 heterocycles. The standard InChI is InChI=1S/C13H15N5OS/c1-17-6-9(5-15-17)8-3-11(20-7-8)10-4-12(19)18(2)13(14)16-10/h3,5-7,10H,4H2,1-2H3,(H2,14,16). The van der Waals surface area contributed by atoms with Crippen LogP contribution in [0.4, 0.5) is 0 Å². The first-order valence-corrected chi connectivity index (χ1v) is 7.10. The smallest absolute Gasteiger partial charge is 0.231 e. The lowest BCUT2D eigenvalue weighted by Crippen LogP contribution is -2.42. The van der Waals surface area contributed by atoms with Crippen LogP contribution in [0.3, 0.4) is 0 Å². The number of carbonyl (C=O) groups excluding carboxylic acids is 1. The number of aliphatic imine (C=N–C) groups is 1. The molecule has 104 valence electrons. The first kappa shape index (κ1) is 12.9. The van der Waals surface area contributed by atoms with Crippen molar-refractivity contribution in [2.75, 3.05) is 7.05 Å². The predicted molar refractivity (Wildman–Crippen MR) is 78.3 cm³/mol. The van der Waals surface area contributed by atoms with Crippen LogP contribution in [0, 0.1) is 0 Å². The molecule has 0 aromatic carbocycles. The Morgan fingerprint density at radius 2 is 2.20 bits per heavy atom. The highest BCUT2D eigenvalue weighted by molar-refractivity contribution is 7.10. The molecule has 1 atom stereocenters. The van der Waals surface area contributed by atoms with E-state index in [-0.39, 0.29) is 17.9 Å². The van der Waals surface area contributed by atoms with Gasteiger partial charge in [0.2, 0.25) is 5.91 Å². The molecule has 2 N–H and O–H groups in total. The van der Waals surface area contributed by atoms with E-state index >= 15 is 0 Å². The van der Waals surface area contributed by atoms with Gasteiger partial charge in [-0.1, -0.05) is 0 Å². The maximum absolute atomic E-state index is 11.8. The maximum atomic E-state index is 11.8. The summed E-state index contributed by atoms with van der Waals surface area (Å²) in [7, 11) is 3.53. The molecule has 0 aliphatic carbocycles. The Hall–Kier alpha value is -2.15. The number of aryl methyl sites for hydroxylation is 1. The Morgan fingerprint density at radius 3 is 2.85 bits per heavy atom. The van der Waals surface area contributed by atoms with E-state index in [1.807, 2.05) is 19.4 Å². The van der Waals surface area contributed by atoms with Gasteiger partial charge in [0.15, 0.2) is 5.96 Å². The SMILES string of the molecule is CN1C(=O)CC(c2cc(-c3cnn(C)c3)cs2)N=C1N. The molecule has 0 spiro atoms. The van der Waals surface area contributed by atoms with E-state index in [0.29, 0.717) is 6.42 Å². The van der Waals surface area contributed by atoms with Crippen LogP contribution in [-0.2, 0) is 11.8 Å². The van der Waals surface area contributed by atoms with Crippen LogP contribution in [0.2, 0.25) is 0 Å². The van der Waals surface area contributed by atoms with E-state index in [2.05, 4.69) is 21.5 Å². The summed E-state index contributed by atoms with van der Waals surface area (Å²) in [4.78, 5) is 18.7. The van der Waals surface area contributed by atoms with Gasteiger partial charge in [0.05, 0.1) is 18.7 Å². The van der Waals surface area contributed by atoms with E-state index in [1.165, 1.54) is 4.90 Å². The van der Waals surface area contributed by atoms with Gasteiger partial charge in [-0.25, -0.2) is 4.99 Å². The molecule has 1 aliphatic rings. The fourth-order valence-electron chi connectivity index (χ4n) is 2.14. The predicted octanol–water partition coefficient (Wildman–Crippen LogP) is 1.37. The van der Waals surface area contributed by atoms with Crippen LogP contribution in [-0.4, -0.2) is 33.6 Å². The van der Waals surface area contributed by atoms with Gasteiger partial charge < -0.3 is 5.73 Å². The summed E-state index contributed by atoms with van der Waals surface area (Å²) in [5, 5.41) is 6.22. The van der Waals surface area contributed by atoms with Crippen LogP contribution in [0.5, 0.6) is 0 Å². The van der Waals surface area contributed by atoms with E-state index in [1.54, 1.807) is 23.1 Å². The summed E-state index contributed by atoms with van der Waals surface area (Å²) in [5.74, 6) is 0.279. The zero-order valence-corrected chi connectivity index (χ0v) is 12.1. The van der Waals surface area contributed by atoms with Gasteiger partial charge in [-0.2, -0.15) is 5.10 Å². The second-order valence-electron chi connectivity index (χ2n) is 4.80. The van der Waals surface area contributed by atoms with Crippen LogP contribution < -0.4 is 5.73 Å². The molecule has 0 saturated carbocycles. The van der Waals surface area contributed by atoms with Crippen molar-refractivity contribution in [3.8, 4) is 11.1 Å². The summed E-state index contributed by atoms with van der Waals surface area (Å²) in [6.07, 6.45) is 4.15. The Balaban J connectivity index is 1.89. The van der Waals surface area contributed by atoms with Crippen molar-refractivity contribution in [3.05, 3.63) is 28.7 Å². The lowest BCUT2D eigenvalue weighted by molar-refractivity contribution is -0.127. The average Bonchev–Trinajstić information content (AvgIpc) is 3.03. The van der Waals surface area contributed by atoms with Gasteiger partial charge in [-0.15, -0.1) is 11.3 Å². The van der Waals surface area contributed by atoms with Crippen LogP contribution in [0.1, 0.15) is 17.3 Å². The third-order valence-electron chi connectivity index (χ3n) is 3.36. The highest BCUT2D eigenvalue weighted by atomic mass is 32.1. The quantitative estimate of drug-likeness (QED) is 0.907. The summed E-state index contributed by atoms with van der Waals surface area (Å²) >= 11 is 1.60. The minimum atomic E-state index is -0.172. The lowest BCUT2D eigenvalue weighted by atomic mass is 10.1. The van der Waals surface area contributed by atoms with E-state index in [0.717, 1.165) is 16.0 Å². The largest absolute Gasteiger partial charge is 0.369 e. The van der Waals surface area contributed by atoms with Gasteiger partial charge in [0.1, 0.15) is 0 Å². The molecule has 6 nitrogen and oxygen atoms in total. The molecular weight excluding hydrogens is 274 g/mol. The van der Waals surface area contributed by atoms with Crippen molar-refractivity contribution in [3.63, 3.8) is 0 Å². The van der Waals surface area contributed by atoms with Crippen LogP contribution in [0.15, 0.2) is 28.8 Å². The first-order chi connectivity index (χ1) is 9.54. The normalized spacial score (nSPS) is 19.3. The van der Waals surface area contributed by atoms with E-state index in [4.69, 9.17) is 5.73 Å². The number of rotatable bonds is 2. The Bertz CT molecular complexity index is 687. The third kappa shape index (κ3) is 2.20. The summed E-state index contributed by atoms with van der Waals surface area (Å²) in [6.45, 7) is 0. The average molecular weight is 289 g/mol. The molecule has 7 heteroatoms. The van der Waals surface area contributed by atoms with Gasteiger partial charge in [-0.05, 0) is 17.0 Å². The summed E-state index contributed by atoms with van der Waals surface area (Å²) in [6, 6.07) is 1.89. The second kappa shape index (κ2) is 4.75. The first-order valence-electron chi connectivity index (χ1n) is 6.22. The topological polar surface area (TPSA) is 76.5 Å². The highest BCUT2D eigenvalue weighted by Crippen LogP contribution is 2.34. The maximum Gasteiger partial charge on any atom is 0.231 e. The van der Waals surface area contributed by atoms with Crippen LogP contribution >= 0.6 is 11.3 Å². The Labute approximate surface area is 120 Å². The molecule has 20 heavy (non-hydrogen) atoms. The fraction of sp³-hybridized carbons (Fsp3) is 0.308. The van der Waals surface area contributed by atoms with Crippen molar-refractivity contribution in [1.82, 2.24) is 14.7 Å².